The number of benzene rings is 1. The minimum absolute atomic E-state index is 0.107. The molecular formula is C17H25FN2O. The molecule has 1 aromatic rings. The van der Waals surface area contributed by atoms with E-state index in [4.69, 9.17) is 0 Å². The van der Waals surface area contributed by atoms with Gasteiger partial charge in [-0.1, -0.05) is 19.1 Å². The lowest BCUT2D eigenvalue weighted by molar-refractivity contribution is -0.121. The van der Waals surface area contributed by atoms with E-state index in [0.717, 1.165) is 37.5 Å². The normalized spacial score (nSPS) is 19.4. The van der Waals surface area contributed by atoms with Crippen LogP contribution in [-0.2, 0) is 11.2 Å². The van der Waals surface area contributed by atoms with Crippen molar-refractivity contribution in [2.75, 3.05) is 26.2 Å². The van der Waals surface area contributed by atoms with Crippen molar-refractivity contribution in [1.82, 2.24) is 10.2 Å². The van der Waals surface area contributed by atoms with E-state index >= 15 is 0 Å². The summed E-state index contributed by atoms with van der Waals surface area (Å²) in [6.45, 7) is 5.97. The molecule has 0 aromatic heterocycles. The summed E-state index contributed by atoms with van der Waals surface area (Å²) in [5, 5.41) is 2.94. The zero-order valence-corrected chi connectivity index (χ0v) is 12.8. The summed E-state index contributed by atoms with van der Waals surface area (Å²) in [6, 6.07) is 6.43. The smallest absolute Gasteiger partial charge is 0.221 e. The maximum Gasteiger partial charge on any atom is 0.221 e. The van der Waals surface area contributed by atoms with Crippen LogP contribution in [0.2, 0.25) is 0 Å². The Bertz CT molecular complexity index is 447. The predicted octanol–water partition coefficient (Wildman–Crippen LogP) is 2.61. The summed E-state index contributed by atoms with van der Waals surface area (Å²) >= 11 is 0. The van der Waals surface area contributed by atoms with Crippen LogP contribution in [-0.4, -0.2) is 37.0 Å². The highest BCUT2D eigenvalue weighted by molar-refractivity contribution is 5.76. The minimum Gasteiger partial charge on any atom is -0.356 e. The molecule has 1 unspecified atom stereocenters. The quantitative estimate of drug-likeness (QED) is 0.874. The molecule has 1 heterocycles. The van der Waals surface area contributed by atoms with Crippen molar-refractivity contribution >= 4 is 5.91 Å². The van der Waals surface area contributed by atoms with Gasteiger partial charge in [-0.15, -0.1) is 0 Å². The number of nitrogens with zero attached hydrogens (tertiary/aromatic N) is 1. The number of halogens is 1. The average Bonchev–Trinajstić information content (AvgIpc) is 2.47. The first kappa shape index (κ1) is 16.0. The maximum absolute atomic E-state index is 12.8. The molecule has 0 saturated carbocycles. The van der Waals surface area contributed by atoms with Crippen molar-refractivity contribution in [1.29, 1.82) is 0 Å². The third-order valence-corrected chi connectivity index (χ3v) is 4.05. The number of likely N-dealkylation sites (tertiary alicyclic amines) is 1. The fourth-order valence-electron chi connectivity index (χ4n) is 2.84. The number of carbonyl (C=O) groups excluding carboxylic acids is 1. The summed E-state index contributed by atoms with van der Waals surface area (Å²) in [6.07, 6.45) is 3.86. The van der Waals surface area contributed by atoms with Crippen molar-refractivity contribution in [3.8, 4) is 0 Å². The summed E-state index contributed by atoms with van der Waals surface area (Å²) in [4.78, 5) is 14.2. The summed E-state index contributed by atoms with van der Waals surface area (Å²) < 4.78 is 12.8. The highest BCUT2D eigenvalue weighted by Crippen LogP contribution is 2.15. The first-order chi connectivity index (χ1) is 10.1. The summed E-state index contributed by atoms with van der Waals surface area (Å²) in [7, 11) is 0. The second-order valence-corrected chi connectivity index (χ2v) is 6.02. The Hall–Kier alpha value is -1.42. The zero-order chi connectivity index (χ0) is 15.1. The second-order valence-electron chi connectivity index (χ2n) is 6.02. The number of carbonyl (C=O) groups is 1. The van der Waals surface area contributed by atoms with Crippen LogP contribution in [0, 0.1) is 11.7 Å². The minimum atomic E-state index is -0.224. The SMILES string of the molecule is CC1CCCN(CCC(=O)NCCc2ccc(F)cc2)C1. The van der Waals surface area contributed by atoms with Gasteiger partial charge in [-0.2, -0.15) is 0 Å². The van der Waals surface area contributed by atoms with Gasteiger partial charge in [0, 0.05) is 26.1 Å². The molecule has 2 rings (SSSR count). The maximum atomic E-state index is 12.8. The van der Waals surface area contributed by atoms with Crippen LogP contribution < -0.4 is 5.32 Å². The van der Waals surface area contributed by atoms with Crippen LogP contribution in [0.15, 0.2) is 24.3 Å². The van der Waals surface area contributed by atoms with Crippen LogP contribution in [0.4, 0.5) is 4.39 Å². The van der Waals surface area contributed by atoms with Gasteiger partial charge in [-0.3, -0.25) is 4.79 Å². The molecule has 1 aromatic carbocycles. The molecule has 116 valence electrons. The van der Waals surface area contributed by atoms with Crippen molar-refractivity contribution in [3.05, 3.63) is 35.6 Å². The lowest BCUT2D eigenvalue weighted by Gasteiger charge is -2.30. The zero-order valence-electron chi connectivity index (χ0n) is 12.8. The van der Waals surface area contributed by atoms with E-state index in [1.54, 1.807) is 12.1 Å². The van der Waals surface area contributed by atoms with Gasteiger partial charge in [0.05, 0.1) is 0 Å². The molecule has 1 N–H and O–H groups in total. The molecule has 1 aliphatic heterocycles. The van der Waals surface area contributed by atoms with Crippen molar-refractivity contribution < 1.29 is 9.18 Å². The lowest BCUT2D eigenvalue weighted by atomic mass is 10.0. The number of nitrogens with one attached hydrogen (secondary N) is 1. The standard InChI is InChI=1S/C17H25FN2O/c1-14-3-2-11-20(13-14)12-9-17(21)19-10-8-15-4-6-16(18)7-5-15/h4-7,14H,2-3,8-13H2,1H3,(H,19,21). The van der Waals surface area contributed by atoms with E-state index in [2.05, 4.69) is 17.1 Å². The number of hydrogen-bond acceptors (Lipinski definition) is 2. The van der Waals surface area contributed by atoms with Crippen LogP contribution in [0.5, 0.6) is 0 Å². The molecule has 1 saturated heterocycles. The average molecular weight is 292 g/mol. The first-order valence-corrected chi connectivity index (χ1v) is 7.87. The molecule has 1 atom stereocenters. The van der Waals surface area contributed by atoms with Crippen LogP contribution >= 0.6 is 0 Å². The Kier molecular flexibility index (Phi) is 6.18. The Morgan fingerprint density at radius 2 is 2.14 bits per heavy atom. The van der Waals surface area contributed by atoms with Gasteiger partial charge in [0.2, 0.25) is 5.91 Å². The van der Waals surface area contributed by atoms with E-state index in [1.807, 2.05) is 0 Å². The molecule has 0 aliphatic carbocycles. The molecule has 3 nitrogen and oxygen atoms in total. The van der Waals surface area contributed by atoms with E-state index in [-0.39, 0.29) is 11.7 Å². The fourth-order valence-corrected chi connectivity index (χ4v) is 2.84. The van der Waals surface area contributed by atoms with Crippen LogP contribution in [0.1, 0.15) is 31.7 Å². The first-order valence-electron chi connectivity index (χ1n) is 7.87. The topological polar surface area (TPSA) is 32.3 Å². The Labute approximate surface area is 126 Å². The van der Waals surface area contributed by atoms with E-state index in [1.165, 1.54) is 25.0 Å². The monoisotopic (exact) mass is 292 g/mol. The molecule has 0 radical (unpaired) electrons. The van der Waals surface area contributed by atoms with Gasteiger partial charge in [0.25, 0.3) is 0 Å². The van der Waals surface area contributed by atoms with Gasteiger partial charge in [-0.05, 0) is 49.4 Å². The Balaban J connectivity index is 1.60. The van der Waals surface area contributed by atoms with Crippen LogP contribution in [0.25, 0.3) is 0 Å². The van der Waals surface area contributed by atoms with Crippen LogP contribution in [0.3, 0.4) is 0 Å². The van der Waals surface area contributed by atoms with Gasteiger partial charge < -0.3 is 10.2 Å². The third-order valence-electron chi connectivity index (χ3n) is 4.05. The molecule has 21 heavy (non-hydrogen) atoms. The van der Waals surface area contributed by atoms with Gasteiger partial charge in [0.1, 0.15) is 5.82 Å². The molecule has 0 bridgehead atoms. The largest absolute Gasteiger partial charge is 0.356 e. The van der Waals surface area contributed by atoms with Gasteiger partial charge in [-0.25, -0.2) is 4.39 Å². The molecule has 1 aliphatic rings. The highest BCUT2D eigenvalue weighted by Gasteiger charge is 2.16. The summed E-state index contributed by atoms with van der Waals surface area (Å²) in [5.74, 6) is 0.633. The van der Waals surface area contributed by atoms with Crippen molar-refractivity contribution in [2.45, 2.75) is 32.6 Å². The summed E-state index contributed by atoms with van der Waals surface area (Å²) in [5.41, 5.74) is 1.04. The van der Waals surface area contributed by atoms with Gasteiger partial charge >= 0.3 is 0 Å². The highest BCUT2D eigenvalue weighted by atomic mass is 19.1. The molecule has 1 amide bonds. The second kappa shape index (κ2) is 8.13. The number of hydrogen-bond donors (Lipinski definition) is 1. The molecular weight excluding hydrogens is 267 g/mol. The fraction of sp³-hybridized carbons (Fsp3) is 0.588. The molecule has 1 fully saturated rings. The van der Waals surface area contributed by atoms with Crippen molar-refractivity contribution in [2.24, 2.45) is 5.92 Å². The number of rotatable bonds is 6. The van der Waals surface area contributed by atoms with Gasteiger partial charge in [0.15, 0.2) is 0 Å². The van der Waals surface area contributed by atoms with Crippen molar-refractivity contribution in [3.63, 3.8) is 0 Å². The Morgan fingerprint density at radius 3 is 2.86 bits per heavy atom. The van der Waals surface area contributed by atoms with E-state index in [9.17, 15) is 9.18 Å². The lowest BCUT2D eigenvalue weighted by Crippen LogP contribution is -2.37. The predicted molar refractivity (Wildman–Crippen MR) is 82.6 cm³/mol. The number of amides is 1. The third kappa shape index (κ3) is 5.84. The molecule has 0 spiro atoms. The Morgan fingerprint density at radius 1 is 1.38 bits per heavy atom. The number of piperidine rings is 1. The van der Waals surface area contributed by atoms with E-state index in [0.29, 0.717) is 13.0 Å². The molecule has 4 heteroatoms. The van der Waals surface area contributed by atoms with E-state index < -0.39 is 0 Å².